The second-order valence-corrected chi connectivity index (χ2v) is 5.48. The van der Waals surface area contributed by atoms with Crippen molar-refractivity contribution in [3.8, 4) is 0 Å². The zero-order valence-electron chi connectivity index (χ0n) is 11.5. The van der Waals surface area contributed by atoms with Crippen LogP contribution in [0.5, 0.6) is 0 Å². The molecule has 1 atom stereocenters. The number of ether oxygens (including phenoxy) is 1. The average molecular weight is 248 g/mol. The molecule has 0 aromatic heterocycles. The summed E-state index contributed by atoms with van der Waals surface area (Å²) in [7, 11) is 2.16. The predicted molar refractivity (Wildman–Crippen MR) is 75.5 cm³/mol. The number of hydrogen-bond donors (Lipinski definition) is 1. The first-order valence-corrected chi connectivity index (χ1v) is 6.76. The fourth-order valence-electron chi connectivity index (χ4n) is 2.62. The number of nitrogen functional groups attached to an aromatic ring is 1. The molecule has 3 nitrogen and oxygen atoms in total. The van der Waals surface area contributed by atoms with Crippen molar-refractivity contribution in [1.82, 2.24) is 4.90 Å². The van der Waals surface area contributed by atoms with E-state index in [1.165, 1.54) is 24.0 Å². The van der Waals surface area contributed by atoms with Crippen molar-refractivity contribution in [2.24, 2.45) is 5.92 Å². The van der Waals surface area contributed by atoms with Gasteiger partial charge in [-0.25, -0.2) is 0 Å². The van der Waals surface area contributed by atoms with Gasteiger partial charge in [0, 0.05) is 25.4 Å². The van der Waals surface area contributed by atoms with Gasteiger partial charge in [-0.2, -0.15) is 0 Å². The van der Waals surface area contributed by atoms with Gasteiger partial charge in [0.25, 0.3) is 0 Å². The summed E-state index contributed by atoms with van der Waals surface area (Å²) in [5, 5.41) is 0. The number of rotatable bonds is 4. The van der Waals surface area contributed by atoms with Gasteiger partial charge in [-0.15, -0.1) is 0 Å². The summed E-state index contributed by atoms with van der Waals surface area (Å²) < 4.78 is 5.52. The van der Waals surface area contributed by atoms with Crippen molar-refractivity contribution in [2.75, 3.05) is 32.5 Å². The highest BCUT2D eigenvalue weighted by Crippen LogP contribution is 2.18. The second kappa shape index (κ2) is 6.21. The molecule has 0 bridgehead atoms. The normalized spacial score (nSPS) is 20.3. The van der Waals surface area contributed by atoms with Crippen LogP contribution in [0.4, 0.5) is 5.69 Å². The minimum atomic E-state index is 0.676. The van der Waals surface area contributed by atoms with Gasteiger partial charge in [0.2, 0.25) is 0 Å². The molecule has 1 aromatic carbocycles. The van der Waals surface area contributed by atoms with Crippen LogP contribution in [0, 0.1) is 12.8 Å². The predicted octanol–water partition coefficient (Wildman–Crippen LogP) is 2.44. The van der Waals surface area contributed by atoms with Gasteiger partial charge in [-0.05, 0) is 44.4 Å². The lowest BCUT2D eigenvalue weighted by atomic mass is 10.0. The van der Waals surface area contributed by atoms with E-state index in [0.717, 1.165) is 32.0 Å². The zero-order chi connectivity index (χ0) is 13.0. The molecule has 1 aromatic rings. The van der Waals surface area contributed by atoms with Crippen molar-refractivity contribution in [3.63, 3.8) is 0 Å². The van der Waals surface area contributed by atoms with E-state index < -0.39 is 0 Å². The lowest BCUT2D eigenvalue weighted by Crippen LogP contribution is -2.30. The Morgan fingerprint density at radius 2 is 2.28 bits per heavy atom. The largest absolute Gasteiger partial charge is 0.398 e. The van der Waals surface area contributed by atoms with Gasteiger partial charge in [-0.1, -0.05) is 17.7 Å². The molecular weight excluding hydrogens is 224 g/mol. The molecule has 0 radical (unpaired) electrons. The minimum absolute atomic E-state index is 0.676. The van der Waals surface area contributed by atoms with E-state index in [9.17, 15) is 0 Å². The standard InChI is InChI=1S/C15H24N2O/c1-12-5-6-15(16)14(8-12)10-17(2)9-13-4-3-7-18-11-13/h5-6,8,13H,3-4,7,9-11,16H2,1-2H3. The number of anilines is 1. The van der Waals surface area contributed by atoms with Gasteiger partial charge in [-0.3, -0.25) is 0 Å². The van der Waals surface area contributed by atoms with Crippen LogP contribution in [0.15, 0.2) is 18.2 Å². The fourth-order valence-corrected chi connectivity index (χ4v) is 2.62. The van der Waals surface area contributed by atoms with E-state index >= 15 is 0 Å². The highest BCUT2D eigenvalue weighted by Gasteiger charge is 2.16. The van der Waals surface area contributed by atoms with Gasteiger partial charge < -0.3 is 15.4 Å². The van der Waals surface area contributed by atoms with E-state index in [-0.39, 0.29) is 0 Å². The van der Waals surface area contributed by atoms with Crippen molar-refractivity contribution < 1.29 is 4.74 Å². The average Bonchev–Trinajstić information content (AvgIpc) is 2.35. The third-order valence-corrected chi connectivity index (χ3v) is 3.56. The van der Waals surface area contributed by atoms with Crippen molar-refractivity contribution in [1.29, 1.82) is 0 Å². The molecule has 0 amide bonds. The Labute approximate surface area is 110 Å². The van der Waals surface area contributed by atoms with E-state index in [4.69, 9.17) is 10.5 Å². The Morgan fingerprint density at radius 3 is 3.00 bits per heavy atom. The fraction of sp³-hybridized carbons (Fsp3) is 0.600. The SMILES string of the molecule is Cc1ccc(N)c(CN(C)CC2CCCOC2)c1. The summed E-state index contributed by atoms with van der Waals surface area (Å²) in [5.74, 6) is 0.676. The number of hydrogen-bond acceptors (Lipinski definition) is 3. The first-order chi connectivity index (χ1) is 8.65. The van der Waals surface area contributed by atoms with Crippen LogP contribution < -0.4 is 5.73 Å². The summed E-state index contributed by atoms with van der Waals surface area (Å²) >= 11 is 0. The highest BCUT2D eigenvalue weighted by molar-refractivity contribution is 5.48. The molecule has 0 aliphatic carbocycles. The lowest BCUT2D eigenvalue weighted by molar-refractivity contribution is 0.0412. The van der Waals surface area contributed by atoms with Gasteiger partial charge >= 0.3 is 0 Å². The molecule has 3 heteroatoms. The summed E-state index contributed by atoms with van der Waals surface area (Å²) in [5.41, 5.74) is 9.42. The first kappa shape index (κ1) is 13.4. The molecule has 1 aliphatic heterocycles. The smallest absolute Gasteiger partial charge is 0.0506 e. The first-order valence-electron chi connectivity index (χ1n) is 6.76. The molecule has 0 saturated carbocycles. The van der Waals surface area contributed by atoms with Crippen LogP contribution in [-0.2, 0) is 11.3 Å². The molecule has 0 spiro atoms. The summed E-state index contributed by atoms with van der Waals surface area (Å²) in [6.45, 7) is 5.97. The zero-order valence-corrected chi connectivity index (χ0v) is 11.5. The van der Waals surface area contributed by atoms with Gasteiger partial charge in [0.05, 0.1) is 6.61 Å². The second-order valence-electron chi connectivity index (χ2n) is 5.48. The maximum atomic E-state index is 6.02. The number of aryl methyl sites for hydroxylation is 1. The van der Waals surface area contributed by atoms with Crippen molar-refractivity contribution in [3.05, 3.63) is 29.3 Å². The molecule has 2 N–H and O–H groups in total. The molecule has 1 saturated heterocycles. The van der Waals surface area contributed by atoms with E-state index in [1.54, 1.807) is 0 Å². The third kappa shape index (κ3) is 3.72. The van der Waals surface area contributed by atoms with E-state index in [2.05, 4.69) is 31.0 Å². The Hall–Kier alpha value is -1.06. The molecule has 18 heavy (non-hydrogen) atoms. The lowest BCUT2D eigenvalue weighted by Gasteiger charge is -2.27. The Bertz CT molecular complexity index is 386. The summed E-state index contributed by atoms with van der Waals surface area (Å²) in [6.07, 6.45) is 2.48. The Morgan fingerprint density at radius 1 is 1.44 bits per heavy atom. The monoisotopic (exact) mass is 248 g/mol. The summed E-state index contributed by atoms with van der Waals surface area (Å²) in [6, 6.07) is 6.25. The maximum absolute atomic E-state index is 6.02. The minimum Gasteiger partial charge on any atom is -0.398 e. The highest BCUT2D eigenvalue weighted by atomic mass is 16.5. The molecule has 1 aliphatic rings. The topological polar surface area (TPSA) is 38.5 Å². The molecule has 1 unspecified atom stereocenters. The number of benzene rings is 1. The maximum Gasteiger partial charge on any atom is 0.0506 e. The van der Waals surface area contributed by atoms with Crippen LogP contribution in [0.3, 0.4) is 0 Å². The van der Waals surface area contributed by atoms with E-state index in [1.807, 2.05) is 6.07 Å². The number of nitrogens with zero attached hydrogens (tertiary/aromatic N) is 1. The quantitative estimate of drug-likeness (QED) is 0.832. The molecule has 2 rings (SSSR count). The van der Waals surface area contributed by atoms with Crippen LogP contribution in [0.1, 0.15) is 24.0 Å². The Balaban J connectivity index is 1.89. The molecular formula is C15H24N2O. The molecule has 1 heterocycles. The third-order valence-electron chi connectivity index (χ3n) is 3.56. The van der Waals surface area contributed by atoms with Crippen molar-refractivity contribution >= 4 is 5.69 Å². The van der Waals surface area contributed by atoms with Gasteiger partial charge in [0.1, 0.15) is 0 Å². The van der Waals surface area contributed by atoms with Crippen LogP contribution in [0.2, 0.25) is 0 Å². The van der Waals surface area contributed by atoms with Crippen LogP contribution >= 0.6 is 0 Å². The molecule has 1 fully saturated rings. The van der Waals surface area contributed by atoms with Crippen LogP contribution in [-0.4, -0.2) is 31.7 Å². The van der Waals surface area contributed by atoms with E-state index in [0.29, 0.717) is 5.92 Å². The van der Waals surface area contributed by atoms with Crippen molar-refractivity contribution in [2.45, 2.75) is 26.3 Å². The number of nitrogens with two attached hydrogens (primary N) is 1. The van der Waals surface area contributed by atoms with Gasteiger partial charge in [0.15, 0.2) is 0 Å². The summed E-state index contributed by atoms with van der Waals surface area (Å²) in [4.78, 5) is 2.35. The molecule has 100 valence electrons. The Kier molecular flexibility index (Phi) is 4.61. The van der Waals surface area contributed by atoms with Crippen LogP contribution in [0.25, 0.3) is 0 Å².